The number of aliphatic hydroxyl groups is 1. The van der Waals surface area contributed by atoms with E-state index in [2.05, 4.69) is 16.0 Å². The van der Waals surface area contributed by atoms with Gasteiger partial charge in [-0.3, -0.25) is 28.8 Å². The van der Waals surface area contributed by atoms with E-state index < -0.39 is 30.4 Å². The topological polar surface area (TPSA) is 218 Å². The monoisotopic (exact) mass is 687 g/mol. The lowest BCUT2D eigenvalue weighted by molar-refractivity contribution is -0.144. The number of carbonyl (C=O) groups excluding carboxylic acids is 4. The van der Waals surface area contributed by atoms with Crippen molar-refractivity contribution in [1.82, 2.24) is 16.0 Å². The molecule has 278 valence electrons. The van der Waals surface area contributed by atoms with Gasteiger partial charge in [0.05, 0.1) is 25.7 Å². The number of ether oxygens (including phenoxy) is 2. The molecule has 0 aromatic heterocycles. The Morgan fingerprint density at radius 3 is 1.52 bits per heavy atom. The molecule has 0 spiro atoms. The molecule has 0 radical (unpaired) electrons. The predicted octanol–water partition coefficient (Wildman–Crippen LogP) is 3.13. The van der Waals surface area contributed by atoms with Crippen LogP contribution in [-0.2, 0) is 38.2 Å². The summed E-state index contributed by atoms with van der Waals surface area (Å²) in [5.74, 6) is -3.94. The molecule has 14 heteroatoms. The van der Waals surface area contributed by atoms with E-state index in [1.165, 1.54) is 44.9 Å². The van der Waals surface area contributed by atoms with Crippen LogP contribution >= 0.6 is 0 Å². The van der Waals surface area contributed by atoms with Crippen molar-refractivity contribution in [1.29, 1.82) is 0 Å². The van der Waals surface area contributed by atoms with Gasteiger partial charge in [0, 0.05) is 45.3 Å². The van der Waals surface area contributed by atoms with Crippen molar-refractivity contribution in [2.24, 2.45) is 5.92 Å². The lowest BCUT2D eigenvalue weighted by Gasteiger charge is -2.12. The summed E-state index contributed by atoms with van der Waals surface area (Å²) in [4.78, 5) is 69.0. The first-order chi connectivity index (χ1) is 23.1. The quantitative estimate of drug-likeness (QED) is 0.0532. The molecule has 6 N–H and O–H groups in total. The summed E-state index contributed by atoms with van der Waals surface area (Å²) in [5.41, 5.74) is 0. The zero-order chi connectivity index (χ0) is 35.7. The summed E-state index contributed by atoms with van der Waals surface area (Å²) >= 11 is 0. The third kappa shape index (κ3) is 31.5. The van der Waals surface area contributed by atoms with Crippen LogP contribution in [0.5, 0.6) is 0 Å². The molecular formula is C34H61N3O11. The summed E-state index contributed by atoms with van der Waals surface area (Å²) in [6.07, 6.45) is 16.0. The zero-order valence-electron chi connectivity index (χ0n) is 28.8. The number of unbranched alkanes of at least 4 members (excludes halogenated alkanes) is 13. The summed E-state index contributed by atoms with van der Waals surface area (Å²) < 4.78 is 10.5. The Labute approximate surface area is 285 Å². The summed E-state index contributed by atoms with van der Waals surface area (Å²) in [6, 6.07) is 0. The highest BCUT2D eigenvalue weighted by Crippen LogP contribution is 2.17. The van der Waals surface area contributed by atoms with Crippen LogP contribution in [0.3, 0.4) is 0 Å². The zero-order valence-corrected chi connectivity index (χ0v) is 28.8. The molecule has 0 heterocycles. The van der Waals surface area contributed by atoms with E-state index in [9.17, 15) is 33.9 Å². The van der Waals surface area contributed by atoms with E-state index in [-0.39, 0.29) is 89.3 Å². The van der Waals surface area contributed by atoms with Crippen LogP contribution < -0.4 is 16.0 Å². The van der Waals surface area contributed by atoms with Crippen LogP contribution in [0.25, 0.3) is 0 Å². The Hall–Kier alpha value is -3.10. The number of aliphatic hydroxyl groups excluding tert-OH is 1. The van der Waals surface area contributed by atoms with Gasteiger partial charge in [-0.05, 0) is 19.3 Å². The Bertz CT molecular complexity index is 902. The van der Waals surface area contributed by atoms with Gasteiger partial charge in [0.15, 0.2) is 0 Å². The van der Waals surface area contributed by atoms with Crippen molar-refractivity contribution in [2.45, 2.75) is 122 Å². The van der Waals surface area contributed by atoms with Crippen molar-refractivity contribution >= 4 is 35.4 Å². The Morgan fingerprint density at radius 2 is 1.00 bits per heavy atom. The average Bonchev–Trinajstić information content (AvgIpc) is 3.05. The number of carboxylic acid groups (broad SMARTS) is 2. The molecule has 14 nitrogen and oxygen atoms in total. The van der Waals surface area contributed by atoms with Crippen molar-refractivity contribution in [2.75, 3.05) is 52.7 Å². The molecule has 0 aromatic carbocycles. The number of Topliss-reactive ketones (excluding diaryl/α,β-unsaturated/α-hetero) is 1. The molecule has 0 saturated heterocycles. The maximum absolute atomic E-state index is 12.4. The van der Waals surface area contributed by atoms with E-state index in [4.69, 9.17) is 19.7 Å². The summed E-state index contributed by atoms with van der Waals surface area (Å²) in [5, 5.41) is 34.3. The first kappa shape index (κ1) is 44.9. The SMILES string of the molecule is O=C(O)CCCCCCCCCCCCCCCCC(=O)CC(CCC(=O)NCCOCCOCC(=O)NCCNC(=O)CO)C(=O)O. The number of rotatable bonds is 35. The van der Waals surface area contributed by atoms with E-state index in [1.807, 2.05) is 0 Å². The Kier molecular flexibility index (Phi) is 30.4. The van der Waals surface area contributed by atoms with E-state index in [0.717, 1.165) is 44.9 Å². The maximum atomic E-state index is 12.4. The average molecular weight is 688 g/mol. The minimum Gasteiger partial charge on any atom is -0.481 e. The first-order valence-electron chi connectivity index (χ1n) is 17.7. The number of nitrogens with one attached hydrogen (secondary N) is 3. The summed E-state index contributed by atoms with van der Waals surface area (Å²) in [7, 11) is 0. The highest BCUT2D eigenvalue weighted by atomic mass is 16.5. The molecule has 0 aliphatic carbocycles. The number of amides is 3. The van der Waals surface area contributed by atoms with E-state index in [0.29, 0.717) is 6.42 Å². The van der Waals surface area contributed by atoms with Crippen LogP contribution in [-0.4, -0.2) is 103 Å². The van der Waals surface area contributed by atoms with Crippen molar-refractivity contribution in [3.05, 3.63) is 0 Å². The molecule has 0 aliphatic heterocycles. The fraction of sp³-hybridized carbons (Fsp3) is 0.824. The lowest BCUT2D eigenvalue weighted by Crippen LogP contribution is -2.37. The van der Waals surface area contributed by atoms with Crippen LogP contribution in [0.1, 0.15) is 122 Å². The number of hydrogen-bond acceptors (Lipinski definition) is 9. The van der Waals surface area contributed by atoms with Gasteiger partial charge in [0.1, 0.15) is 19.0 Å². The molecule has 0 bridgehead atoms. The van der Waals surface area contributed by atoms with Gasteiger partial charge in [-0.2, -0.15) is 0 Å². The molecule has 48 heavy (non-hydrogen) atoms. The van der Waals surface area contributed by atoms with Crippen LogP contribution in [0, 0.1) is 5.92 Å². The normalized spacial score (nSPS) is 11.5. The molecule has 0 aromatic rings. The molecule has 0 rings (SSSR count). The minimum atomic E-state index is -1.07. The molecule has 0 fully saturated rings. The number of carbonyl (C=O) groups is 6. The highest BCUT2D eigenvalue weighted by Gasteiger charge is 2.22. The predicted molar refractivity (Wildman–Crippen MR) is 179 cm³/mol. The van der Waals surface area contributed by atoms with E-state index >= 15 is 0 Å². The second-order valence-corrected chi connectivity index (χ2v) is 12.0. The number of aliphatic carboxylic acids is 2. The summed E-state index contributed by atoms with van der Waals surface area (Å²) in [6.45, 7) is 0.439. The highest BCUT2D eigenvalue weighted by molar-refractivity contribution is 5.84. The van der Waals surface area contributed by atoms with Gasteiger partial charge in [-0.1, -0.05) is 77.0 Å². The van der Waals surface area contributed by atoms with Crippen LogP contribution in [0.4, 0.5) is 0 Å². The van der Waals surface area contributed by atoms with Gasteiger partial charge < -0.3 is 40.7 Å². The second-order valence-electron chi connectivity index (χ2n) is 12.0. The van der Waals surface area contributed by atoms with Gasteiger partial charge in [0.25, 0.3) is 0 Å². The fourth-order valence-corrected chi connectivity index (χ4v) is 4.96. The molecule has 1 unspecified atom stereocenters. The fourth-order valence-electron chi connectivity index (χ4n) is 4.96. The van der Waals surface area contributed by atoms with Gasteiger partial charge in [0.2, 0.25) is 17.7 Å². The number of hydrogen-bond donors (Lipinski definition) is 6. The third-order valence-electron chi connectivity index (χ3n) is 7.73. The maximum Gasteiger partial charge on any atom is 0.306 e. The molecular weight excluding hydrogens is 626 g/mol. The molecule has 0 saturated carbocycles. The molecule has 3 amide bonds. The molecule has 0 aliphatic rings. The van der Waals surface area contributed by atoms with Gasteiger partial charge in [-0.25, -0.2) is 0 Å². The minimum absolute atomic E-state index is 0.000742. The van der Waals surface area contributed by atoms with E-state index in [1.54, 1.807) is 0 Å². The van der Waals surface area contributed by atoms with Crippen LogP contribution in [0.15, 0.2) is 0 Å². The smallest absolute Gasteiger partial charge is 0.306 e. The largest absolute Gasteiger partial charge is 0.481 e. The third-order valence-corrected chi connectivity index (χ3v) is 7.73. The van der Waals surface area contributed by atoms with Gasteiger partial charge in [-0.15, -0.1) is 0 Å². The second kappa shape index (κ2) is 32.4. The lowest BCUT2D eigenvalue weighted by atomic mass is 9.94. The standard InChI is InChI=1S/C34H61N3O11/c38-26-31(41)35-19-20-36-32(42)27-48-24-23-47-22-21-37-30(40)18-17-28(34(45)46)25-29(39)15-13-11-9-7-5-3-1-2-4-6-8-10-12-14-16-33(43)44/h28,38H,1-27H2,(H,35,41)(H,36,42)(H,37,40)(H,43,44)(H,45,46). The van der Waals surface area contributed by atoms with Gasteiger partial charge >= 0.3 is 11.9 Å². The number of ketones is 1. The van der Waals surface area contributed by atoms with Crippen molar-refractivity contribution in [3.8, 4) is 0 Å². The van der Waals surface area contributed by atoms with Crippen molar-refractivity contribution < 1.29 is 53.6 Å². The Balaban J connectivity index is 3.69. The number of carboxylic acids is 2. The van der Waals surface area contributed by atoms with Crippen molar-refractivity contribution in [3.63, 3.8) is 0 Å². The first-order valence-corrected chi connectivity index (χ1v) is 17.7. The van der Waals surface area contributed by atoms with Crippen LogP contribution in [0.2, 0.25) is 0 Å². The Morgan fingerprint density at radius 1 is 0.521 bits per heavy atom. The molecule has 1 atom stereocenters.